The van der Waals surface area contributed by atoms with E-state index in [1.807, 2.05) is 0 Å². The van der Waals surface area contributed by atoms with Crippen molar-refractivity contribution in [2.24, 2.45) is 0 Å². The number of rotatable bonds is 8. The molecule has 0 aliphatic rings. The zero-order valence-electron chi connectivity index (χ0n) is 17.3. The Morgan fingerprint density at radius 2 is 1.85 bits per heavy atom. The van der Waals surface area contributed by atoms with Crippen LogP contribution in [0.5, 0.6) is 5.75 Å². The molecule has 0 bridgehead atoms. The van der Waals surface area contributed by atoms with Crippen LogP contribution in [0, 0.1) is 12.3 Å². The van der Waals surface area contributed by atoms with E-state index in [1.165, 1.54) is 30.6 Å². The molecular weight excluding hydrogens is 364 g/mol. The largest absolute Gasteiger partial charge is 0.464 e. The van der Waals surface area contributed by atoms with E-state index in [9.17, 15) is 4.79 Å². The molecule has 2 unspecified atom stereocenters. The summed E-state index contributed by atoms with van der Waals surface area (Å²) in [6, 6.07) is 4.73. The number of anilines is 1. The third-order valence-corrected chi connectivity index (χ3v) is 3.77. The van der Waals surface area contributed by atoms with E-state index in [4.69, 9.17) is 27.5 Å². The Labute approximate surface area is 169 Å². The minimum absolute atomic E-state index is 0.237. The normalized spacial score (nSPS) is 12.1. The molecule has 0 aliphatic heterocycles. The molecule has 1 aromatic carbocycles. The molecule has 5 nitrogen and oxygen atoms in total. The first-order valence-electron chi connectivity index (χ1n) is 9.31. The van der Waals surface area contributed by atoms with Gasteiger partial charge in [0, 0.05) is 19.8 Å². The van der Waals surface area contributed by atoms with Gasteiger partial charge in [-0.2, -0.15) is 0 Å². The van der Waals surface area contributed by atoms with Crippen molar-refractivity contribution in [3.63, 3.8) is 0 Å². The van der Waals surface area contributed by atoms with Crippen molar-refractivity contribution in [2.45, 2.75) is 65.8 Å². The highest BCUT2D eigenvalue weighted by Gasteiger charge is 2.12. The number of amides is 2. The quantitative estimate of drug-likeness (QED) is 0.344. The number of benzene rings is 1. The minimum Gasteiger partial charge on any atom is -0.464 e. The summed E-state index contributed by atoms with van der Waals surface area (Å²) in [5, 5.41) is 3.06. The van der Waals surface area contributed by atoms with Crippen LogP contribution >= 0.6 is 11.6 Å². The van der Waals surface area contributed by atoms with Crippen molar-refractivity contribution < 1.29 is 14.3 Å². The molecule has 1 rings (SSSR count). The van der Waals surface area contributed by atoms with Crippen LogP contribution in [0.15, 0.2) is 18.2 Å². The van der Waals surface area contributed by atoms with Gasteiger partial charge in [0.2, 0.25) is 0 Å². The highest BCUT2D eigenvalue weighted by atomic mass is 35.5. The maximum Gasteiger partial charge on any atom is 0.321 e. The second-order valence-corrected chi connectivity index (χ2v) is 6.71. The standard InChI is InChI=1S/C15H19ClN2O3.C6H14/c1-6-10(2)20-11(3)21-14-8-7-12(9-13(14)16)17-15(19)18(4)5;1-3-5-6-4-2/h1,7-11H,2-5H3,(H,17,19);3-6H2,1-2H3. The number of unbranched alkanes of at least 4 members (excludes halogenated alkanes) is 3. The number of carbonyl (C=O) groups is 1. The molecule has 1 aromatic rings. The fourth-order valence-corrected chi connectivity index (χ4v) is 2.17. The molecule has 0 saturated heterocycles. The molecule has 0 saturated carbocycles. The highest BCUT2D eigenvalue weighted by molar-refractivity contribution is 6.32. The van der Waals surface area contributed by atoms with Crippen LogP contribution in [0.2, 0.25) is 5.02 Å². The molecule has 2 amide bonds. The third kappa shape index (κ3) is 11.4. The summed E-state index contributed by atoms with van der Waals surface area (Å²) in [6.45, 7) is 7.94. The Bertz CT molecular complexity index is 596. The number of halogens is 1. The summed E-state index contributed by atoms with van der Waals surface area (Å²) in [5.41, 5.74) is 0.580. The topological polar surface area (TPSA) is 50.8 Å². The summed E-state index contributed by atoms with van der Waals surface area (Å²) >= 11 is 6.12. The van der Waals surface area contributed by atoms with Gasteiger partial charge in [0.05, 0.1) is 5.02 Å². The van der Waals surface area contributed by atoms with E-state index >= 15 is 0 Å². The van der Waals surface area contributed by atoms with Gasteiger partial charge in [-0.25, -0.2) is 4.79 Å². The fourth-order valence-electron chi connectivity index (χ4n) is 1.94. The molecule has 0 aliphatic carbocycles. The van der Waals surface area contributed by atoms with Gasteiger partial charge in [-0.1, -0.05) is 57.1 Å². The summed E-state index contributed by atoms with van der Waals surface area (Å²) < 4.78 is 10.9. The third-order valence-electron chi connectivity index (χ3n) is 3.47. The van der Waals surface area contributed by atoms with Crippen LogP contribution in [0.1, 0.15) is 53.4 Å². The second-order valence-electron chi connectivity index (χ2n) is 6.31. The number of nitrogens with zero attached hydrogens (tertiary/aromatic N) is 1. The van der Waals surface area contributed by atoms with Crippen LogP contribution in [0.4, 0.5) is 10.5 Å². The number of hydrogen-bond donors (Lipinski definition) is 1. The molecule has 2 atom stereocenters. The first-order valence-corrected chi connectivity index (χ1v) is 9.68. The summed E-state index contributed by atoms with van der Waals surface area (Å²) in [6.07, 6.45) is 9.89. The summed E-state index contributed by atoms with van der Waals surface area (Å²) in [4.78, 5) is 13.0. The first-order chi connectivity index (χ1) is 12.7. The van der Waals surface area contributed by atoms with Crippen molar-refractivity contribution in [3.8, 4) is 18.1 Å². The van der Waals surface area contributed by atoms with E-state index in [0.29, 0.717) is 16.5 Å². The maximum absolute atomic E-state index is 11.5. The number of ether oxygens (including phenoxy) is 2. The molecular formula is C21H33ClN2O3. The second kappa shape index (κ2) is 14.2. The van der Waals surface area contributed by atoms with Crippen LogP contribution < -0.4 is 10.1 Å². The van der Waals surface area contributed by atoms with Gasteiger partial charge in [-0.05, 0) is 32.0 Å². The number of nitrogens with one attached hydrogen (secondary N) is 1. The Kier molecular flexibility index (Phi) is 13.2. The Hall–Kier alpha value is -1.90. The molecule has 152 valence electrons. The molecule has 0 aromatic heterocycles. The Balaban J connectivity index is 0.000000972. The minimum atomic E-state index is -0.532. The zero-order valence-corrected chi connectivity index (χ0v) is 18.1. The molecule has 6 heteroatoms. The Morgan fingerprint density at radius 1 is 1.26 bits per heavy atom. The molecule has 0 fully saturated rings. The lowest BCUT2D eigenvalue weighted by Gasteiger charge is -2.18. The lowest BCUT2D eigenvalue weighted by molar-refractivity contribution is -0.0830. The monoisotopic (exact) mass is 396 g/mol. The SMILES string of the molecule is C#CC(C)OC(C)Oc1ccc(NC(=O)N(C)C)cc1Cl.CCCCCC. The summed E-state index contributed by atoms with van der Waals surface area (Å²) in [5.74, 6) is 2.91. The van der Waals surface area contributed by atoms with Crippen LogP contribution in [0.25, 0.3) is 0 Å². The average molecular weight is 397 g/mol. The fraction of sp³-hybridized carbons (Fsp3) is 0.571. The van der Waals surface area contributed by atoms with Crippen molar-refractivity contribution in [3.05, 3.63) is 23.2 Å². The highest BCUT2D eigenvalue weighted by Crippen LogP contribution is 2.28. The number of terminal acetylenes is 1. The van der Waals surface area contributed by atoms with Crippen molar-refractivity contribution in [1.82, 2.24) is 4.90 Å². The molecule has 27 heavy (non-hydrogen) atoms. The van der Waals surface area contributed by atoms with Crippen molar-refractivity contribution in [2.75, 3.05) is 19.4 Å². The number of urea groups is 1. The molecule has 0 spiro atoms. The van der Waals surface area contributed by atoms with Crippen molar-refractivity contribution >= 4 is 23.3 Å². The van der Waals surface area contributed by atoms with Gasteiger partial charge in [-0.3, -0.25) is 0 Å². The van der Waals surface area contributed by atoms with Gasteiger partial charge in [0.15, 0.2) is 6.29 Å². The zero-order chi connectivity index (χ0) is 20.8. The number of carbonyl (C=O) groups excluding carboxylic acids is 1. The smallest absolute Gasteiger partial charge is 0.321 e. The molecule has 0 heterocycles. The summed E-state index contributed by atoms with van der Waals surface area (Å²) in [7, 11) is 3.31. The van der Waals surface area contributed by atoms with Gasteiger partial charge in [0.25, 0.3) is 0 Å². The van der Waals surface area contributed by atoms with Gasteiger partial charge in [-0.15, -0.1) is 6.42 Å². The predicted octanol–water partition coefficient (Wildman–Crippen LogP) is 5.78. The van der Waals surface area contributed by atoms with Crippen LogP contribution in [-0.4, -0.2) is 37.4 Å². The van der Waals surface area contributed by atoms with Crippen LogP contribution in [-0.2, 0) is 4.74 Å². The van der Waals surface area contributed by atoms with E-state index in [1.54, 1.807) is 46.1 Å². The van der Waals surface area contributed by atoms with E-state index in [0.717, 1.165) is 0 Å². The first kappa shape index (κ1) is 25.1. The van der Waals surface area contributed by atoms with Crippen LogP contribution in [0.3, 0.4) is 0 Å². The van der Waals surface area contributed by atoms with Gasteiger partial charge in [0.1, 0.15) is 11.9 Å². The van der Waals surface area contributed by atoms with Crippen molar-refractivity contribution in [1.29, 1.82) is 0 Å². The van der Waals surface area contributed by atoms with E-state index in [2.05, 4.69) is 25.1 Å². The lowest BCUT2D eigenvalue weighted by atomic mass is 10.2. The predicted molar refractivity (Wildman–Crippen MR) is 113 cm³/mol. The Morgan fingerprint density at radius 3 is 2.30 bits per heavy atom. The average Bonchev–Trinajstić information content (AvgIpc) is 2.62. The van der Waals surface area contributed by atoms with Gasteiger partial charge >= 0.3 is 6.03 Å². The maximum atomic E-state index is 11.5. The number of hydrogen-bond acceptors (Lipinski definition) is 3. The molecule has 1 N–H and O–H groups in total. The van der Waals surface area contributed by atoms with E-state index < -0.39 is 6.29 Å². The van der Waals surface area contributed by atoms with E-state index in [-0.39, 0.29) is 12.1 Å². The van der Waals surface area contributed by atoms with Gasteiger partial charge < -0.3 is 19.7 Å². The molecule has 0 radical (unpaired) electrons. The lowest BCUT2D eigenvalue weighted by Crippen LogP contribution is -2.27.